The quantitative estimate of drug-likeness (QED) is 0.691. The molecule has 0 amide bonds. The molecule has 0 N–H and O–H groups in total. The minimum Gasteiger partial charge on any atom is -0.544 e. The fourth-order valence-corrected chi connectivity index (χ4v) is 2.25. The van der Waals surface area contributed by atoms with Crippen molar-refractivity contribution < 1.29 is 4.43 Å². The highest BCUT2D eigenvalue weighted by Gasteiger charge is 2.16. The molecule has 1 rings (SSSR count). The molecule has 0 spiro atoms. The molecule has 14 heavy (non-hydrogen) atoms. The first-order chi connectivity index (χ1) is 6.29. The monoisotopic (exact) mass is 228 g/mol. The van der Waals surface area contributed by atoms with Crippen LogP contribution >= 0.6 is 11.6 Å². The Morgan fingerprint density at radius 3 is 1.86 bits per heavy atom. The summed E-state index contributed by atoms with van der Waals surface area (Å²) in [7, 11) is -1.50. The molecule has 0 bridgehead atoms. The molecule has 0 saturated carbocycles. The Balaban J connectivity index is 3.02. The van der Waals surface area contributed by atoms with Crippen LogP contribution in [0.1, 0.15) is 11.1 Å². The molecule has 1 nitrogen and oxygen atoms in total. The zero-order valence-corrected chi connectivity index (χ0v) is 11.2. The van der Waals surface area contributed by atoms with Crippen molar-refractivity contribution in [3.63, 3.8) is 0 Å². The summed E-state index contributed by atoms with van der Waals surface area (Å²) in [5.41, 5.74) is 2.17. The van der Waals surface area contributed by atoms with Gasteiger partial charge in [-0.2, -0.15) is 0 Å². The summed E-state index contributed by atoms with van der Waals surface area (Å²) in [6.45, 7) is 10.5. The van der Waals surface area contributed by atoms with Crippen molar-refractivity contribution in [3.05, 3.63) is 28.3 Å². The summed E-state index contributed by atoms with van der Waals surface area (Å²) >= 11 is 6.08. The number of hydrogen-bond acceptors (Lipinski definition) is 1. The van der Waals surface area contributed by atoms with Crippen molar-refractivity contribution in [3.8, 4) is 5.75 Å². The topological polar surface area (TPSA) is 9.23 Å². The second-order valence-electron chi connectivity index (χ2n) is 4.59. The molecular weight excluding hydrogens is 212 g/mol. The SMILES string of the molecule is Cc1cc(O[Si](C)(C)C)cc(C)c1Cl. The maximum absolute atomic E-state index is 6.08. The average Bonchev–Trinajstić information content (AvgIpc) is 1.96. The van der Waals surface area contributed by atoms with Crippen LogP contribution in [-0.4, -0.2) is 8.32 Å². The number of aryl methyl sites for hydroxylation is 2. The molecule has 0 aliphatic heterocycles. The fourth-order valence-electron chi connectivity index (χ4n) is 1.32. The van der Waals surface area contributed by atoms with Gasteiger partial charge in [-0.25, -0.2) is 0 Å². The van der Waals surface area contributed by atoms with Crippen molar-refractivity contribution in [1.82, 2.24) is 0 Å². The lowest BCUT2D eigenvalue weighted by atomic mass is 10.1. The number of halogens is 1. The van der Waals surface area contributed by atoms with Gasteiger partial charge in [0.1, 0.15) is 5.75 Å². The first-order valence-electron chi connectivity index (χ1n) is 4.75. The Labute approximate surface area is 92.2 Å². The van der Waals surface area contributed by atoms with E-state index in [1.807, 2.05) is 26.0 Å². The van der Waals surface area contributed by atoms with Gasteiger partial charge < -0.3 is 4.43 Å². The molecule has 1 aromatic carbocycles. The number of rotatable bonds is 2. The highest BCUT2D eigenvalue weighted by atomic mass is 35.5. The van der Waals surface area contributed by atoms with E-state index in [1.165, 1.54) is 0 Å². The van der Waals surface area contributed by atoms with Gasteiger partial charge in [-0.1, -0.05) is 11.6 Å². The highest BCUT2D eigenvalue weighted by Crippen LogP contribution is 2.27. The van der Waals surface area contributed by atoms with Crippen LogP contribution in [0.4, 0.5) is 0 Å². The Hall–Kier alpha value is -0.473. The van der Waals surface area contributed by atoms with Crippen LogP contribution in [0.15, 0.2) is 12.1 Å². The molecule has 0 saturated heterocycles. The van der Waals surface area contributed by atoms with E-state index >= 15 is 0 Å². The minimum atomic E-state index is -1.50. The van der Waals surface area contributed by atoms with E-state index in [0.717, 1.165) is 21.9 Å². The number of hydrogen-bond donors (Lipinski definition) is 0. The summed E-state index contributed by atoms with van der Waals surface area (Å²) in [5, 5.41) is 0.841. The van der Waals surface area contributed by atoms with Crippen LogP contribution in [0.5, 0.6) is 5.75 Å². The molecule has 78 valence electrons. The van der Waals surface area contributed by atoms with Crippen molar-refractivity contribution in [2.75, 3.05) is 0 Å². The van der Waals surface area contributed by atoms with Crippen molar-refractivity contribution >= 4 is 19.9 Å². The van der Waals surface area contributed by atoms with E-state index in [2.05, 4.69) is 19.6 Å². The molecule has 3 heteroatoms. The normalized spacial score (nSPS) is 11.6. The molecule has 0 radical (unpaired) electrons. The third-order valence-electron chi connectivity index (χ3n) is 1.83. The van der Waals surface area contributed by atoms with E-state index in [0.29, 0.717) is 0 Å². The van der Waals surface area contributed by atoms with E-state index < -0.39 is 8.32 Å². The van der Waals surface area contributed by atoms with Crippen LogP contribution < -0.4 is 4.43 Å². The fraction of sp³-hybridized carbons (Fsp3) is 0.455. The first kappa shape index (κ1) is 11.6. The third kappa shape index (κ3) is 3.03. The van der Waals surface area contributed by atoms with Crippen LogP contribution in [-0.2, 0) is 0 Å². The van der Waals surface area contributed by atoms with Gasteiger partial charge in [-0.3, -0.25) is 0 Å². The van der Waals surface area contributed by atoms with Gasteiger partial charge in [0.05, 0.1) is 0 Å². The van der Waals surface area contributed by atoms with Gasteiger partial charge in [-0.05, 0) is 56.7 Å². The Bertz CT molecular complexity index is 319. The van der Waals surface area contributed by atoms with Gasteiger partial charge in [0.15, 0.2) is 0 Å². The van der Waals surface area contributed by atoms with Crippen molar-refractivity contribution in [2.45, 2.75) is 33.5 Å². The lowest BCUT2D eigenvalue weighted by Gasteiger charge is -2.20. The Kier molecular flexibility index (Phi) is 3.27. The van der Waals surface area contributed by atoms with E-state index in [4.69, 9.17) is 16.0 Å². The van der Waals surface area contributed by atoms with Gasteiger partial charge >= 0.3 is 0 Å². The van der Waals surface area contributed by atoms with Crippen LogP contribution in [0, 0.1) is 13.8 Å². The van der Waals surface area contributed by atoms with Gasteiger partial charge in [0.2, 0.25) is 8.32 Å². The summed E-state index contributed by atoms with van der Waals surface area (Å²) in [5.74, 6) is 0.948. The van der Waals surface area contributed by atoms with Crippen molar-refractivity contribution in [1.29, 1.82) is 0 Å². The van der Waals surface area contributed by atoms with Crippen LogP contribution in [0.3, 0.4) is 0 Å². The van der Waals surface area contributed by atoms with E-state index in [-0.39, 0.29) is 0 Å². The standard InChI is InChI=1S/C11H17ClOSi/c1-8-6-10(13-14(3,4)5)7-9(2)11(8)12/h6-7H,1-5H3. The summed E-state index contributed by atoms with van der Waals surface area (Å²) in [6, 6.07) is 4.02. The second-order valence-corrected chi connectivity index (χ2v) is 9.39. The second kappa shape index (κ2) is 3.95. The summed E-state index contributed by atoms with van der Waals surface area (Å²) in [6.07, 6.45) is 0. The maximum Gasteiger partial charge on any atom is 0.242 e. The lowest BCUT2D eigenvalue weighted by molar-refractivity contribution is 0.556. The summed E-state index contributed by atoms with van der Waals surface area (Å²) < 4.78 is 5.90. The first-order valence-corrected chi connectivity index (χ1v) is 8.54. The Morgan fingerprint density at radius 1 is 1.07 bits per heavy atom. The van der Waals surface area contributed by atoms with E-state index in [9.17, 15) is 0 Å². The molecule has 0 atom stereocenters. The molecule has 0 aliphatic rings. The smallest absolute Gasteiger partial charge is 0.242 e. The molecule has 0 unspecified atom stereocenters. The predicted octanol–water partition coefficient (Wildman–Crippen LogP) is 4.17. The molecule has 1 aromatic rings. The van der Waals surface area contributed by atoms with Gasteiger partial charge in [-0.15, -0.1) is 0 Å². The van der Waals surface area contributed by atoms with Crippen LogP contribution in [0.25, 0.3) is 0 Å². The summed E-state index contributed by atoms with van der Waals surface area (Å²) in [4.78, 5) is 0. The van der Waals surface area contributed by atoms with Gasteiger partial charge in [0, 0.05) is 5.02 Å². The van der Waals surface area contributed by atoms with Crippen LogP contribution in [0.2, 0.25) is 24.7 Å². The number of benzene rings is 1. The largest absolute Gasteiger partial charge is 0.544 e. The predicted molar refractivity (Wildman–Crippen MR) is 64.9 cm³/mol. The van der Waals surface area contributed by atoms with Crippen molar-refractivity contribution in [2.24, 2.45) is 0 Å². The zero-order valence-electron chi connectivity index (χ0n) is 9.44. The van der Waals surface area contributed by atoms with Gasteiger partial charge in [0.25, 0.3) is 0 Å². The van der Waals surface area contributed by atoms with E-state index in [1.54, 1.807) is 0 Å². The third-order valence-corrected chi connectivity index (χ3v) is 3.28. The Morgan fingerprint density at radius 2 is 1.50 bits per heavy atom. The molecule has 0 aromatic heterocycles. The minimum absolute atomic E-state index is 0.841. The molecule has 0 fully saturated rings. The average molecular weight is 229 g/mol. The maximum atomic E-state index is 6.08. The molecule has 0 aliphatic carbocycles. The molecular formula is C11H17ClOSi. The zero-order chi connectivity index (χ0) is 10.9. The molecule has 0 heterocycles. The highest BCUT2D eigenvalue weighted by molar-refractivity contribution is 6.70. The lowest BCUT2D eigenvalue weighted by Crippen LogP contribution is -2.29.